The summed E-state index contributed by atoms with van der Waals surface area (Å²) < 4.78 is 5.23. The van der Waals surface area contributed by atoms with Crippen molar-refractivity contribution in [1.82, 2.24) is 20.3 Å². The normalized spacial score (nSPS) is 19.1. The van der Waals surface area contributed by atoms with Gasteiger partial charge in [0.2, 0.25) is 11.8 Å². The average Bonchev–Trinajstić information content (AvgIpc) is 3.16. The molecule has 1 aliphatic heterocycles. The molecule has 2 aromatic rings. The Labute approximate surface area is 148 Å². The molecule has 3 heterocycles. The third-order valence-electron chi connectivity index (χ3n) is 4.56. The van der Waals surface area contributed by atoms with Crippen LogP contribution >= 0.6 is 0 Å². The fourth-order valence-corrected chi connectivity index (χ4v) is 3.16. The molecule has 136 valence electrons. The maximum Gasteiger partial charge on any atom is 0.240 e. The standard InChI is InChI=1S/C18H27N5O2/c1-12-8-14(21-20-12)13-6-5-7-23(10-13)11-16(24)19-17-9-15(22-25-17)18(2,3)4/h8-9,13H,5-7,10-11H2,1-4H3,(H,19,24)(H,20,21). The minimum absolute atomic E-state index is 0.0736. The minimum atomic E-state index is -0.103. The molecule has 25 heavy (non-hydrogen) atoms. The van der Waals surface area contributed by atoms with E-state index >= 15 is 0 Å². The smallest absolute Gasteiger partial charge is 0.240 e. The highest BCUT2D eigenvalue weighted by Crippen LogP contribution is 2.26. The molecule has 0 bridgehead atoms. The van der Waals surface area contributed by atoms with E-state index in [0.29, 0.717) is 18.3 Å². The van der Waals surface area contributed by atoms with E-state index in [1.54, 1.807) is 6.07 Å². The van der Waals surface area contributed by atoms with Gasteiger partial charge in [0.15, 0.2) is 0 Å². The van der Waals surface area contributed by atoms with E-state index in [1.165, 1.54) is 0 Å². The van der Waals surface area contributed by atoms with Crippen LogP contribution in [-0.4, -0.2) is 45.8 Å². The van der Waals surface area contributed by atoms with E-state index in [9.17, 15) is 4.79 Å². The molecule has 3 rings (SSSR count). The molecule has 7 nitrogen and oxygen atoms in total. The van der Waals surface area contributed by atoms with Crippen LogP contribution in [0.4, 0.5) is 5.88 Å². The lowest BCUT2D eigenvalue weighted by atomic mass is 9.92. The van der Waals surface area contributed by atoms with E-state index in [-0.39, 0.29) is 11.3 Å². The number of H-pyrrole nitrogens is 1. The van der Waals surface area contributed by atoms with E-state index in [2.05, 4.69) is 52.4 Å². The monoisotopic (exact) mass is 345 g/mol. The number of amides is 1. The number of nitrogens with one attached hydrogen (secondary N) is 2. The average molecular weight is 345 g/mol. The van der Waals surface area contributed by atoms with Crippen LogP contribution in [0.25, 0.3) is 0 Å². The van der Waals surface area contributed by atoms with Gasteiger partial charge in [0, 0.05) is 29.6 Å². The first kappa shape index (κ1) is 17.7. The Hall–Kier alpha value is -2.15. The summed E-state index contributed by atoms with van der Waals surface area (Å²) >= 11 is 0. The number of aromatic nitrogens is 3. The zero-order valence-corrected chi connectivity index (χ0v) is 15.4. The summed E-state index contributed by atoms with van der Waals surface area (Å²) in [6, 6.07) is 3.89. The first-order valence-corrected chi connectivity index (χ1v) is 8.82. The van der Waals surface area contributed by atoms with Crippen LogP contribution in [0.1, 0.15) is 56.6 Å². The van der Waals surface area contributed by atoms with Gasteiger partial charge in [0.25, 0.3) is 0 Å². The summed E-state index contributed by atoms with van der Waals surface area (Å²) in [5.41, 5.74) is 2.89. The molecule has 0 aromatic carbocycles. The van der Waals surface area contributed by atoms with Crippen molar-refractivity contribution in [2.24, 2.45) is 0 Å². The van der Waals surface area contributed by atoms with Crippen molar-refractivity contribution in [2.45, 2.75) is 51.9 Å². The van der Waals surface area contributed by atoms with Gasteiger partial charge >= 0.3 is 0 Å². The van der Waals surface area contributed by atoms with Gasteiger partial charge in [0.05, 0.1) is 17.9 Å². The molecule has 0 aliphatic carbocycles. The Kier molecular flexibility index (Phi) is 4.94. The third kappa shape index (κ3) is 4.48. The van der Waals surface area contributed by atoms with Crippen LogP contribution in [0.2, 0.25) is 0 Å². The fraction of sp³-hybridized carbons (Fsp3) is 0.611. The summed E-state index contributed by atoms with van der Waals surface area (Å²) in [6.45, 7) is 10.3. The van der Waals surface area contributed by atoms with Crippen molar-refractivity contribution >= 4 is 11.8 Å². The highest BCUT2D eigenvalue weighted by molar-refractivity contribution is 5.91. The summed E-state index contributed by atoms with van der Waals surface area (Å²) in [5, 5.41) is 14.2. The van der Waals surface area contributed by atoms with Crippen LogP contribution in [0.15, 0.2) is 16.7 Å². The molecule has 1 atom stereocenters. The lowest BCUT2D eigenvalue weighted by Crippen LogP contribution is -2.39. The van der Waals surface area contributed by atoms with Gasteiger partial charge in [-0.15, -0.1) is 0 Å². The molecule has 1 aliphatic rings. The largest absolute Gasteiger partial charge is 0.338 e. The van der Waals surface area contributed by atoms with Crippen molar-refractivity contribution in [3.8, 4) is 0 Å². The summed E-state index contributed by atoms with van der Waals surface area (Å²) in [7, 11) is 0. The second kappa shape index (κ2) is 7.00. The lowest BCUT2D eigenvalue weighted by Gasteiger charge is -2.31. The van der Waals surface area contributed by atoms with Crippen LogP contribution in [0.5, 0.6) is 0 Å². The molecule has 2 N–H and O–H groups in total. The molecular formula is C18H27N5O2. The number of nitrogens with zero attached hydrogens (tertiary/aromatic N) is 3. The highest BCUT2D eigenvalue weighted by atomic mass is 16.5. The van der Waals surface area contributed by atoms with Gasteiger partial charge in [-0.25, -0.2) is 0 Å². The third-order valence-corrected chi connectivity index (χ3v) is 4.56. The quantitative estimate of drug-likeness (QED) is 0.890. The lowest BCUT2D eigenvalue weighted by molar-refractivity contribution is -0.117. The maximum atomic E-state index is 12.3. The topological polar surface area (TPSA) is 87.1 Å². The first-order valence-electron chi connectivity index (χ1n) is 8.82. The molecule has 1 fully saturated rings. The summed E-state index contributed by atoms with van der Waals surface area (Å²) in [5.74, 6) is 0.714. The van der Waals surface area contributed by atoms with Gasteiger partial charge in [-0.05, 0) is 32.4 Å². The molecular weight excluding hydrogens is 318 g/mol. The number of aryl methyl sites for hydroxylation is 1. The zero-order valence-electron chi connectivity index (χ0n) is 15.4. The molecule has 2 aromatic heterocycles. The number of hydrogen-bond acceptors (Lipinski definition) is 5. The van der Waals surface area contributed by atoms with Crippen molar-refractivity contribution in [1.29, 1.82) is 0 Å². The number of likely N-dealkylation sites (tertiary alicyclic amines) is 1. The van der Waals surface area contributed by atoms with Gasteiger partial charge in [-0.1, -0.05) is 25.9 Å². The highest BCUT2D eigenvalue weighted by Gasteiger charge is 2.25. The second-order valence-corrected chi connectivity index (χ2v) is 7.92. The predicted molar refractivity (Wildman–Crippen MR) is 95.6 cm³/mol. The number of aromatic amines is 1. The summed E-state index contributed by atoms with van der Waals surface area (Å²) in [4.78, 5) is 14.5. The number of carbonyl (C=O) groups excluding carboxylic acids is 1. The Morgan fingerprint density at radius 1 is 1.44 bits per heavy atom. The van der Waals surface area contributed by atoms with Crippen LogP contribution in [0.3, 0.4) is 0 Å². The van der Waals surface area contributed by atoms with Crippen LogP contribution in [0, 0.1) is 6.92 Å². The zero-order chi connectivity index (χ0) is 18.0. The number of rotatable bonds is 4. The molecule has 0 radical (unpaired) electrons. The number of anilines is 1. The molecule has 1 saturated heterocycles. The Balaban J connectivity index is 1.54. The van der Waals surface area contributed by atoms with Crippen molar-refractivity contribution in [2.75, 3.05) is 25.0 Å². The molecule has 1 unspecified atom stereocenters. The van der Waals surface area contributed by atoms with Crippen LogP contribution in [-0.2, 0) is 10.2 Å². The molecule has 1 amide bonds. The van der Waals surface area contributed by atoms with Crippen LogP contribution < -0.4 is 5.32 Å². The molecule has 0 saturated carbocycles. The number of hydrogen-bond donors (Lipinski definition) is 2. The van der Waals surface area contributed by atoms with Crippen molar-refractivity contribution in [3.63, 3.8) is 0 Å². The SMILES string of the molecule is Cc1cc(C2CCCN(CC(=O)Nc3cc(C(C)(C)C)no3)C2)n[nH]1. The van der Waals surface area contributed by atoms with Gasteiger partial charge in [0.1, 0.15) is 0 Å². The number of piperidine rings is 1. The summed E-state index contributed by atoms with van der Waals surface area (Å²) in [6.07, 6.45) is 2.18. The minimum Gasteiger partial charge on any atom is -0.338 e. The Bertz CT molecular complexity index is 728. The Morgan fingerprint density at radius 3 is 2.88 bits per heavy atom. The van der Waals surface area contributed by atoms with E-state index < -0.39 is 0 Å². The maximum absolute atomic E-state index is 12.3. The first-order chi connectivity index (χ1) is 11.8. The van der Waals surface area contributed by atoms with Crippen molar-refractivity contribution < 1.29 is 9.32 Å². The second-order valence-electron chi connectivity index (χ2n) is 7.92. The fourth-order valence-electron chi connectivity index (χ4n) is 3.16. The van der Waals surface area contributed by atoms with Gasteiger partial charge < -0.3 is 4.52 Å². The van der Waals surface area contributed by atoms with Gasteiger partial charge in [-0.2, -0.15) is 5.10 Å². The van der Waals surface area contributed by atoms with E-state index in [1.807, 2.05) is 6.92 Å². The van der Waals surface area contributed by atoms with E-state index in [4.69, 9.17) is 4.52 Å². The number of carbonyl (C=O) groups is 1. The molecule has 0 spiro atoms. The van der Waals surface area contributed by atoms with Gasteiger partial charge in [-0.3, -0.25) is 20.1 Å². The van der Waals surface area contributed by atoms with Crippen molar-refractivity contribution in [3.05, 3.63) is 29.2 Å². The predicted octanol–water partition coefficient (Wildman–Crippen LogP) is 2.82. The Morgan fingerprint density at radius 2 is 2.24 bits per heavy atom. The molecule has 7 heteroatoms. The van der Waals surface area contributed by atoms with E-state index in [0.717, 1.165) is 43.0 Å².